The van der Waals surface area contributed by atoms with Crippen molar-refractivity contribution in [2.45, 2.75) is 26.7 Å². The minimum Gasteiger partial charge on any atom is -0.242 e. The summed E-state index contributed by atoms with van der Waals surface area (Å²) >= 11 is 2.17. The Morgan fingerprint density at radius 2 is 2.18 bits per heavy atom. The maximum absolute atomic E-state index is 4.24. The van der Waals surface area contributed by atoms with Crippen LogP contribution in [-0.4, -0.2) is 5.71 Å². The van der Waals surface area contributed by atoms with Crippen molar-refractivity contribution in [1.82, 2.24) is 4.83 Å². The van der Waals surface area contributed by atoms with Gasteiger partial charge in [0.15, 0.2) is 0 Å². The molecule has 0 aliphatic heterocycles. The van der Waals surface area contributed by atoms with Crippen LogP contribution in [0.4, 0.5) is 0 Å². The monoisotopic (exact) mass is 282 g/mol. The molecule has 0 radical (unpaired) electrons. The lowest BCUT2D eigenvalue weighted by molar-refractivity contribution is 1.03. The Morgan fingerprint density at radius 3 is 2.64 bits per heavy atom. The molecule has 1 aliphatic rings. The van der Waals surface area contributed by atoms with Crippen LogP contribution in [-0.2, 0) is 0 Å². The van der Waals surface area contributed by atoms with E-state index in [-0.39, 0.29) is 0 Å². The zero-order valence-electron chi connectivity index (χ0n) is 6.65. The Balaban J connectivity index is 2.62. The molecule has 1 N–H and O–H groups in total. The molecule has 0 aromatic heterocycles. The quantitative estimate of drug-likeness (QED) is 0.478. The Labute approximate surface area is 83.6 Å². The Hall–Kier alpha value is 0.290. The number of hydrogen-bond acceptors (Lipinski definition) is 3. The first-order valence-electron chi connectivity index (χ1n) is 3.51. The topological polar surface area (TPSA) is 24.4 Å². The Morgan fingerprint density at radius 1 is 1.45 bits per heavy atom. The van der Waals surface area contributed by atoms with Crippen LogP contribution in [0.5, 0.6) is 0 Å². The van der Waals surface area contributed by atoms with E-state index < -0.39 is 0 Å². The predicted molar refractivity (Wildman–Crippen MR) is 59.8 cm³/mol. The average Bonchev–Trinajstić information content (AvgIpc) is 2.31. The second-order valence-corrected chi connectivity index (χ2v) is 4.29. The van der Waals surface area contributed by atoms with Gasteiger partial charge in [-0.05, 0) is 32.3 Å². The normalized spacial score (nSPS) is 21.5. The molecule has 0 bridgehead atoms. The van der Waals surface area contributed by atoms with Crippen LogP contribution in [0.3, 0.4) is 0 Å². The number of nitrogens with one attached hydrogen (secondary N) is 1. The zero-order valence-corrected chi connectivity index (χ0v) is 9.62. The van der Waals surface area contributed by atoms with Crippen molar-refractivity contribution in [2.75, 3.05) is 0 Å². The molecule has 4 heteroatoms. The number of nitrogens with zero attached hydrogens (tertiary/aromatic N) is 1. The second-order valence-electron chi connectivity index (χ2n) is 2.63. The first-order valence-corrected chi connectivity index (χ1v) is 6.87. The third-order valence-corrected chi connectivity index (χ3v) is 2.78. The van der Waals surface area contributed by atoms with E-state index in [2.05, 4.69) is 45.0 Å². The molecule has 1 aliphatic carbocycles. The zero-order chi connectivity index (χ0) is 8.27. The summed E-state index contributed by atoms with van der Waals surface area (Å²) in [5.74, 6) is 0. The first-order chi connectivity index (χ1) is 5.25. The summed E-state index contributed by atoms with van der Waals surface area (Å²) in [6, 6.07) is 0. The first kappa shape index (κ1) is 9.38. The van der Waals surface area contributed by atoms with E-state index >= 15 is 0 Å². The van der Waals surface area contributed by atoms with Gasteiger partial charge in [0.05, 0.1) is 5.71 Å². The van der Waals surface area contributed by atoms with Crippen LogP contribution in [0.25, 0.3) is 0 Å². The highest BCUT2D eigenvalue weighted by Crippen LogP contribution is 2.22. The number of rotatable bonds is 2. The van der Waals surface area contributed by atoms with E-state index in [0.29, 0.717) is 0 Å². The molecular formula is C7H11IN2S. The molecule has 1 rings (SSSR count). The fourth-order valence-corrected chi connectivity index (χ4v) is 1.58. The second kappa shape index (κ2) is 4.35. The van der Waals surface area contributed by atoms with Crippen LogP contribution in [0.2, 0.25) is 0 Å². The fourth-order valence-electron chi connectivity index (χ4n) is 1.14. The summed E-state index contributed by atoms with van der Waals surface area (Å²) in [4.78, 5) is 2.90. The van der Waals surface area contributed by atoms with Gasteiger partial charge in [-0.25, -0.2) is 4.83 Å². The summed E-state index contributed by atoms with van der Waals surface area (Å²) in [5, 5.41) is 4.24. The van der Waals surface area contributed by atoms with Crippen molar-refractivity contribution in [3.05, 3.63) is 11.1 Å². The predicted octanol–water partition coefficient (Wildman–Crippen LogP) is 3.06. The van der Waals surface area contributed by atoms with Crippen LogP contribution in [0.1, 0.15) is 26.7 Å². The number of halogens is 1. The van der Waals surface area contributed by atoms with Crippen molar-refractivity contribution in [2.24, 2.45) is 5.10 Å². The highest BCUT2D eigenvalue weighted by atomic mass is 127. The summed E-state index contributed by atoms with van der Waals surface area (Å²) in [5.41, 5.74) is 4.05. The molecule has 0 atom stereocenters. The van der Waals surface area contributed by atoms with Gasteiger partial charge in [-0.2, -0.15) is 5.10 Å². The number of allylic oxidation sites excluding steroid dienone is 2. The molecule has 0 saturated heterocycles. The standard InChI is InChI=1S/C7H11IN2S/c1-5-3-4-7(6(5)2)9-10-11-8/h10H,3-4H2,1-2H3. The molecule has 2 nitrogen and oxygen atoms in total. The summed E-state index contributed by atoms with van der Waals surface area (Å²) in [6.45, 7) is 4.32. The maximum atomic E-state index is 4.24. The van der Waals surface area contributed by atoms with Crippen LogP contribution in [0, 0.1) is 0 Å². The molecule has 0 fully saturated rings. The lowest BCUT2D eigenvalue weighted by Crippen LogP contribution is -1.99. The molecule has 0 aromatic rings. The fraction of sp³-hybridized carbons (Fsp3) is 0.571. The smallest absolute Gasteiger partial charge is 0.0645 e. The van der Waals surface area contributed by atoms with Gasteiger partial charge < -0.3 is 0 Å². The van der Waals surface area contributed by atoms with Gasteiger partial charge in [-0.15, -0.1) is 0 Å². The summed E-state index contributed by atoms with van der Waals surface area (Å²) < 4.78 is 0. The molecule has 62 valence electrons. The van der Waals surface area contributed by atoms with E-state index in [1.54, 1.807) is 0 Å². The van der Waals surface area contributed by atoms with Crippen LogP contribution in [0.15, 0.2) is 16.2 Å². The van der Waals surface area contributed by atoms with Crippen molar-refractivity contribution in [3.63, 3.8) is 0 Å². The van der Waals surface area contributed by atoms with Crippen LogP contribution < -0.4 is 4.83 Å². The summed E-state index contributed by atoms with van der Waals surface area (Å²) in [6.07, 6.45) is 2.28. The molecule has 0 spiro atoms. The van der Waals surface area contributed by atoms with Gasteiger partial charge in [0.1, 0.15) is 0 Å². The molecule has 0 aromatic carbocycles. The highest BCUT2D eigenvalue weighted by molar-refractivity contribution is 14.2. The third kappa shape index (κ3) is 2.37. The Kier molecular flexibility index (Phi) is 3.71. The average molecular weight is 282 g/mol. The maximum Gasteiger partial charge on any atom is 0.0645 e. The minimum absolute atomic E-state index is 1.10. The van der Waals surface area contributed by atoms with Crippen molar-refractivity contribution in [3.8, 4) is 0 Å². The van der Waals surface area contributed by atoms with Gasteiger partial charge in [0.25, 0.3) is 0 Å². The Bertz CT molecular complexity index is 210. The van der Waals surface area contributed by atoms with Gasteiger partial charge in [-0.1, -0.05) is 5.57 Å². The van der Waals surface area contributed by atoms with Crippen molar-refractivity contribution in [1.29, 1.82) is 0 Å². The van der Waals surface area contributed by atoms with Gasteiger partial charge in [0.2, 0.25) is 0 Å². The molecule has 0 unspecified atom stereocenters. The van der Waals surface area contributed by atoms with Crippen LogP contribution >= 0.6 is 30.3 Å². The lowest BCUT2D eigenvalue weighted by Gasteiger charge is -1.97. The van der Waals surface area contributed by atoms with E-state index in [9.17, 15) is 0 Å². The van der Waals surface area contributed by atoms with Crippen molar-refractivity contribution < 1.29 is 0 Å². The van der Waals surface area contributed by atoms with Gasteiger partial charge >= 0.3 is 0 Å². The van der Waals surface area contributed by atoms with E-state index in [0.717, 1.165) is 6.42 Å². The summed E-state index contributed by atoms with van der Waals surface area (Å²) in [7, 11) is 1.50. The lowest BCUT2D eigenvalue weighted by atomic mass is 10.2. The number of hydrazone groups is 1. The van der Waals surface area contributed by atoms with Crippen molar-refractivity contribution >= 4 is 36.0 Å². The van der Waals surface area contributed by atoms with E-state index in [1.165, 1.54) is 32.4 Å². The molecular weight excluding hydrogens is 271 g/mol. The molecule has 0 saturated carbocycles. The molecule has 0 heterocycles. The van der Waals surface area contributed by atoms with E-state index in [1.807, 2.05) is 0 Å². The third-order valence-electron chi connectivity index (χ3n) is 2.02. The SMILES string of the molecule is CC1=C(C)C(=NNSI)CC1. The number of hydrogen-bond donors (Lipinski definition) is 1. The van der Waals surface area contributed by atoms with Gasteiger partial charge in [0, 0.05) is 30.3 Å². The minimum atomic E-state index is 1.10. The molecule has 0 amide bonds. The van der Waals surface area contributed by atoms with Gasteiger partial charge in [-0.3, -0.25) is 0 Å². The largest absolute Gasteiger partial charge is 0.242 e. The van der Waals surface area contributed by atoms with E-state index in [4.69, 9.17) is 0 Å². The highest BCUT2D eigenvalue weighted by Gasteiger charge is 2.13. The molecule has 11 heavy (non-hydrogen) atoms.